The van der Waals surface area contributed by atoms with Crippen LogP contribution in [0.4, 0.5) is 0 Å². The van der Waals surface area contributed by atoms with Crippen LogP contribution in [0.15, 0.2) is 18.2 Å². The molecule has 0 aromatic heterocycles. The van der Waals surface area contributed by atoms with Gasteiger partial charge in [0.2, 0.25) is 0 Å². The fourth-order valence-corrected chi connectivity index (χ4v) is 2.51. The van der Waals surface area contributed by atoms with Gasteiger partial charge in [-0.1, -0.05) is 6.07 Å². The second-order valence-electron chi connectivity index (χ2n) is 5.42. The Balaban J connectivity index is 2.37. The molecule has 1 aromatic carbocycles. The molecule has 0 unspecified atom stereocenters. The number of phenolic OH excluding ortho intramolecular Hbond substituents is 1. The largest absolute Gasteiger partial charge is 0.504 e. The highest BCUT2D eigenvalue weighted by atomic mass is 16.5. The summed E-state index contributed by atoms with van der Waals surface area (Å²) in [5.74, 6) is 0.752. The maximum absolute atomic E-state index is 9.70. The summed E-state index contributed by atoms with van der Waals surface area (Å²) in [5.41, 5.74) is 7.24. The van der Waals surface area contributed by atoms with E-state index in [1.807, 2.05) is 19.1 Å². The van der Waals surface area contributed by atoms with Gasteiger partial charge in [0.25, 0.3) is 0 Å². The Morgan fingerprint density at radius 3 is 2.53 bits per heavy atom. The summed E-state index contributed by atoms with van der Waals surface area (Å²) in [5, 5.41) is 9.70. The van der Waals surface area contributed by atoms with Gasteiger partial charge in [0.05, 0.1) is 6.61 Å². The number of phenols is 1. The highest BCUT2D eigenvalue weighted by Gasteiger charge is 2.53. The lowest BCUT2D eigenvalue weighted by molar-refractivity contribution is 0.315. The predicted octanol–water partition coefficient (Wildman–Crippen LogP) is 2.56. The summed E-state index contributed by atoms with van der Waals surface area (Å²) in [6.07, 6.45) is 2.21. The minimum Gasteiger partial charge on any atom is -0.504 e. The molecule has 94 valence electrons. The van der Waals surface area contributed by atoms with E-state index in [9.17, 15) is 5.11 Å². The van der Waals surface area contributed by atoms with Crippen LogP contribution in [0.5, 0.6) is 11.5 Å². The molecule has 1 aliphatic rings. The minimum absolute atomic E-state index is 0.0482. The highest BCUT2D eigenvalue weighted by Crippen LogP contribution is 2.55. The van der Waals surface area contributed by atoms with E-state index in [4.69, 9.17) is 10.5 Å². The molecule has 2 rings (SSSR count). The number of aromatic hydroxyl groups is 1. The summed E-state index contributed by atoms with van der Waals surface area (Å²) in [6.45, 7) is 6.59. The average molecular weight is 235 g/mol. The number of nitrogens with two attached hydrogens (primary N) is 1. The molecule has 3 nitrogen and oxygen atoms in total. The van der Waals surface area contributed by atoms with E-state index in [1.165, 1.54) is 5.56 Å². The Hall–Kier alpha value is -1.22. The maximum atomic E-state index is 9.70. The van der Waals surface area contributed by atoms with E-state index in [1.54, 1.807) is 6.07 Å². The Labute approximate surface area is 103 Å². The van der Waals surface area contributed by atoms with Crippen molar-refractivity contribution in [3.05, 3.63) is 23.8 Å². The van der Waals surface area contributed by atoms with E-state index >= 15 is 0 Å². The van der Waals surface area contributed by atoms with Crippen molar-refractivity contribution in [1.29, 1.82) is 0 Å². The van der Waals surface area contributed by atoms with Crippen LogP contribution in [-0.4, -0.2) is 17.3 Å². The second-order valence-corrected chi connectivity index (χ2v) is 5.42. The molecule has 1 saturated carbocycles. The van der Waals surface area contributed by atoms with Crippen LogP contribution in [0.1, 0.15) is 39.2 Å². The van der Waals surface area contributed by atoms with Crippen molar-refractivity contribution in [2.45, 2.75) is 44.6 Å². The van der Waals surface area contributed by atoms with Gasteiger partial charge in [-0.05, 0) is 51.3 Å². The quantitative estimate of drug-likeness (QED) is 0.843. The molecule has 0 heterocycles. The Morgan fingerprint density at radius 2 is 2.06 bits per heavy atom. The zero-order valence-electron chi connectivity index (χ0n) is 10.8. The molecule has 0 spiro atoms. The van der Waals surface area contributed by atoms with E-state index in [0.717, 1.165) is 12.8 Å². The van der Waals surface area contributed by atoms with Gasteiger partial charge in [0, 0.05) is 11.0 Å². The average Bonchev–Trinajstić information content (AvgIpc) is 3.01. The first-order valence-corrected chi connectivity index (χ1v) is 6.16. The third-order valence-electron chi connectivity index (χ3n) is 3.80. The summed E-state index contributed by atoms with van der Waals surface area (Å²) in [7, 11) is 0. The molecule has 1 aliphatic carbocycles. The van der Waals surface area contributed by atoms with Crippen LogP contribution in [0.3, 0.4) is 0 Å². The zero-order chi connectivity index (χ0) is 12.7. The molecule has 0 bridgehead atoms. The summed E-state index contributed by atoms with van der Waals surface area (Å²) >= 11 is 0. The predicted molar refractivity (Wildman–Crippen MR) is 68.5 cm³/mol. The molecule has 1 aromatic rings. The molecule has 0 aliphatic heterocycles. The number of hydrogen-bond acceptors (Lipinski definition) is 3. The van der Waals surface area contributed by atoms with E-state index in [2.05, 4.69) is 13.8 Å². The first kappa shape index (κ1) is 12.2. The lowest BCUT2D eigenvalue weighted by Crippen LogP contribution is -2.45. The lowest BCUT2D eigenvalue weighted by Gasteiger charge is -2.31. The topological polar surface area (TPSA) is 55.5 Å². The molecule has 0 radical (unpaired) electrons. The molecule has 0 saturated heterocycles. The zero-order valence-corrected chi connectivity index (χ0v) is 10.8. The molecule has 3 N–H and O–H groups in total. The standard InChI is InChI=1S/C14H21NO2/c1-4-17-12-9-10(5-6-11(12)16)14(7-8-14)13(2,3)15/h5-6,9,16H,4,7-8,15H2,1-3H3. The second kappa shape index (κ2) is 3.91. The summed E-state index contributed by atoms with van der Waals surface area (Å²) in [4.78, 5) is 0. The number of ether oxygens (including phenoxy) is 1. The van der Waals surface area contributed by atoms with Crippen LogP contribution >= 0.6 is 0 Å². The van der Waals surface area contributed by atoms with Crippen LogP contribution in [-0.2, 0) is 5.41 Å². The third-order valence-corrected chi connectivity index (χ3v) is 3.80. The van der Waals surface area contributed by atoms with E-state index in [-0.39, 0.29) is 16.7 Å². The van der Waals surface area contributed by atoms with Gasteiger partial charge in [-0.15, -0.1) is 0 Å². The Kier molecular flexibility index (Phi) is 2.82. The van der Waals surface area contributed by atoms with Crippen LogP contribution in [0, 0.1) is 0 Å². The summed E-state index contributed by atoms with van der Waals surface area (Å²) < 4.78 is 5.42. The van der Waals surface area contributed by atoms with Crippen LogP contribution in [0.2, 0.25) is 0 Å². The van der Waals surface area contributed by atoms with Crippen molar-refractivity contribution in [2.75, 3.05) is 6.61 Å². The first-order chi connectivity index (χ1) is 7.90. The van der Waals surface area contributed by atoms with Crippen molar-refractivity contribution < 1.29 is 9.84 Å². The van der Waals surface area contributed by atoms with Gasteiger partial charge in [-0.2, -0.15) is 0 Å². The van der Waals surface area contributed by atoms with Crippen molar-refractivity contribution in [1.82, 2.24) is 0 Å². The van der Waals surface area contributed by atoms with Crippen LogP contribution < -0.4 is 10.5 Å². The number of benzene rings is 1. The first-order valence-electron chi connectivity index (χ1n) is 6.16. The monoisotopic (exact) mass is 235 g/mol. The summed E-state index contributed by atoms with van der Waals surface area (Å²) in [6, 6.07) is 5.59. The molecular formula is C14H21NO2. The SMILES string of the molecule is CCOc1cc(C2(C(C)(C)N)CC2)ccc1O. The fourth-order valence-electron chi connectivity index (χ4n) is 2.51. The normalized spacial score (nSPS) is 17.9. The smallest absolute Gasteiger partial charge is 0.161 e. The van der Waals surface area contributed by atoms with Crippen LogP contribution in [0.25, 0.3) is 0 Å². The fraction of sp³-hybridized carbons (Fsp3) is 0.571. The van der Waals surface area contributed by atoms with Gasteiger partial charge >= 0.3 is 0 Å². The van der Waals surface area contributed by atoms with Crippen molar-refractivity contribution in [3.8, 4) is 11.5 Å². The number of hydrogen-bond donors (Lipinski definition) is 2. The molecule has 17 heavy (non-hydrogen) atoms. The molecule has 3 heteroatoms. The minimum atomic E-state index is -0.243. The van der Waals surface area contributed by atoms with Gasteiger partial charge in [-0.3, -0.25) is 0 Å². The van der Waals surface area contributed by atoms with Crippen molar-refractivity contribution in [3.63, 3.8) is 0 Å². The number of rotatable bonds is 4. The van der Waals surface area contributed by atoms with E-state index < -0.39 is 0 Å². The maximum Gasteiger partial charge on any atom is 0.161 e. The third kappa shape index (κ3) is 2.00. The van der Waals surface area contributed by atoms with Gasteiger partial charge in [0.1, 0.15) is 0 Å². The van der Waals surface area contributed by atoms with Crippen molar-refractivity contribution in [2.24, 2.45) is 5.73 Å². The highest BCUT2D eigenvalue weighted by molar-refractivity contribution is 5.47. The molecule has 0 atom stereocenters. The Bertz CT molecular complexity index is 417. The van der Waals surface area contributed by atoms with Crippen molar-refractivity contribution >= 4 is 0 Å². The van der Waals surface area contributed by atoms with Gasteiger partial charge in [0.15, 0.2) is 11.5 Å². The molecule has 0 amide bonds. The van der Waals surface area contributed by atoms with E-state index in [0.29, 0.717) is 12.4 Å². The van der Waals surface area contributed by atoms with Gasteiger partial charge < -0.3 is 15.6 Å². The van der Waals surface area contributed by atoms with Gasteiger partial charge in [-0.25, -0.2) is 0 Å². The Morgan fingerprint density at radius 1 is 1.41 bits per heavy atom. The lowest BCUT2D eigenvalue weighted by atomic mass is 9.79. The molecular weight excluding hydrogens is 214 g/mol. The molecule has 1 fully saturated rings.